The quantitative estimate of drug-likeness (QED) is 0.294. The van der Waals surface area contributed by atoms with E-state index in [4.69, 9.17) is 14.2 Å². The van der Waals surface area contributed by atoms with Gasteiger partial charge in [-0.3, -0.25) is 19.6 Å². The van der Waals surface area contributed by atoms with E-state index in [0.717, 1.165) is 6.20 Å². The maximum atomic E-state index is 14.1. The van der Waals surface area contributed by atoms with Gasteiger partial charge in [0, 0.05) is 45.1 Å². The molecule has 3 rings (SSSR count). The molecule has 2 amide bonds. The maximum Gasteiger partial charge on any atom is 0.414 e. The van der Waals surface area contributed by atoms with E-state index in [1.165, 1.54) is 72.9 Å². The van der Waals surface area contributed by atoms with Gasteiger partial charge in [0.2, 0.25) is 6.79 Å². The molecule has 1 aromatic carbocycles. The summed E-state index contributed by atoms with van der Waals surface area (Å²) in [5.41, 5.74) is -0.936. The summed E-state index contributed by atoms with van der Waals surface area (Å²) in [4.78, 5) is 52.8. The van der Waals surface area contributed by atoms with E-state index in [2.05, 4.69) is 10.4 Å². The number of benzene rings is 1. The molecule has 0 spiro atoms. The van der Waals surface area contributed by atoms with E-state index in [-0.39, 0.29) is 17.1 Å². The molecule has 2 heterocycles. The van der Waals surface area contributed by atoms with Gasteiger partial charge in [0.1, 0.15) is 22.1 Å². The Labute approximate surface area is 261 Å². The van der Waals surface area contributed by atoms with E-state index < -0.39 is 63.1 Å². The Balaban J connectivity index is 2.03. The molecule has 2 atom stereocenters. The van der Waals surface area contributed by atoms with Crippen LogP contribution in [0.4, 0.5) is 4.79 Å². The second kappa shape index (κ2) is 13.6. The Kier molecular flexibility index (Phi) is 10.7. The van der Waals surface area contributed by atoms with E-state index in [1.54, 1.807) is 20.8 Å². The van der Waals surface area contributed by atoms with Crippen molar-refractivity contribution in [2.45, 2.75) is 62.9 Å². The largest absolute Gasteiger partial charge is 0.427 e. The van der Waals surface area contributed by atoms with Crippen molar-refractivity contribution in [1.29, 1.82) is 0 Å². The Morgan fingerprint density at radius 3 is 2.27 bits per heavy atom. The van der Waals surface area contributed by atoms with Gasteiger partial charge in [-0.2, -0.15) is 5.10 Å². The molecule has 0 aliphatic carbocycles. The first-order valence-electron chi connectivity index (χ1n) is 13.6. The number of amides is 2. The molecular weight excluding hydrogens is 614 g/mol. The lowest BCUT2D eigenvalue weighted by molar-refractivity contribution is -0.176. The molecule has 16 heteroatoms. The number of hydrogen-bond acceptors (Lipinski definition) is 12. The summed E-state index contributed by atoms with van der Waals surface area (Å²) >= 11 is 1.21. The number of sulfonamides is 1. The van der Waals surface area contributed by atoms with Crippen LogP contribution in [0.25, 0.3) is 0 Å². The highest BCUT2D eigenvalue weighted by Crippen LogP contribution is 2.31. The van der Waals surface area contributed by atoms with Crippen molar-refractivity contribution in [3.8, 4) is 5.75 Å². The predicted molar refractivity (Wildman–Crippen MR) is 161 cm³/mol. The minimum atomic E-state index is -4.65. The van der Waals surface area contributed by atoms with Gasteiger partial charge in [-0.15, -0.1) is 11.8 Å². The van der Waals surface area contributed by atoms with E-state index >= 15 is 0 Å². The molecule has 1 aliphatic heterocycles. The molecule has 0 bridgehead atoms. The number of ether oxygens (including phenoxy) is 3. The number of nitrogens with zero attached hydrogens (tertiary/aromatic N) is 4. The molecule has 0 unspecified atom stereocenters. The molecule has 0 radical (unpaired) electrons. The summed E-state index contributed by atoms with van der Waals surface area (Å²) in [6.07, 6.45) is 1.39. The van der Waals surface area contributed by atoms with Crippen molar-refractivity contribution in [2.75, 3.05) is 26.6 Å². The summed E-state index contributed by atoms with van der Waals surface area (Å²) in [6, 6.07) is 4.31. The van der Waals surface area contributed by atoms with Crippen LogP contribution < -0.4 is 10.1 Å². The average molecular weight is 654 g/mol. The molecule has 1 saturated heterocycles. The molecule has 1 aliphatic rings. The summed E-state index contributed by atoms with van der Waals surface area (Å²) in [6.45, 7) is 7.81. The van der Waals surface area contributed by atoms with Crippen LogP contribution in [0, 0.1) is 5.41 Å². The number of carbonyl (C=O) groups is 4. The number of carbonyl (C=O) groups excluding carboxylic acids is 4. The molecule has 1 fully saturated rings. The topological polar surface area (TPSA) is 166 Å². The first-order chi connectivity index (χ1) is 20.3. The van der Waals surface area contributed by atoms with Gasteiger partial charge in [-0.1, -0.05) is 12.1 Å². The predicted octanol–water partition coefficient (Wildman–Crippen LogP) is 2.14. The van der Waals surface area contributed by atoms with Gasteiger partial charge in [0.15, 0.2) is 0 Å². The van der Waals surface area contributed by atoms with Gasteiger partial charge in [-0.25, -0.2) is 22.3 Å². The smallest absolute Gasteiger partial charge is 0.414 e. The highest BCUT2D eigenvalue weighted by Gasteiger charge is 2.47. The molecule has 14 nitrogen and oxygen atoms in total. The maximum absolute atomic E-state index is 14.1. The SMILES string of the molecule is CN(C)C(=O)Oc1ccc(C[C@@H](C(=O)OCOC(=O)C(C)(C)C)N(C(=O)[C@H]2NC(C)(C)CS2)S(=O)(=O)c2cnn(C)c2)cc1. The average Bonchev–Trinajstić information content (AvgIpc) is 3.53. The fourth-order valence-corrected chi connectivity index (χ4v) is 6.81. The Bertz CT molecular complexity index is 1480. The number of thioether (sulfide) groups is 1. The fourth-order valence-electron chi connectivity index (χ4n) is 3.89. The lowest BCUT2D eigenvalue weighted by atomic mass is 9.98. The van der Waals surface area contributed by atoms with Crippen molar-refractivity contribution < 1.29 is 41.8 Å². The molecule has 2 aromatic rings. The van der Waals surface area contributed by atoms with Crippen LogP contribution in [0.2, 0.25) is 0 Å². The molecule has 44 heavy (non-hydrogen) atoms. The molecule has 0 saturated carbocycles. The Morgan fingerprint density at radius 1 is 1.14 bits per heavy atom. The minimum Gasteiger partial charge on any atom is -0.427 e. The number of aromatic nitrogens is 2. The van der Waals surface area contributed by atoms with Crippen LogP contribution in [0.15, 0.2) is 41.6 Å². The zero-order valence-corrected chi connectivity index (χ0v) is 27.7. The van der Waals surface area contributed by atoms with Gasteiger partial charge in [0.05, 0.1) is 11.6 Å². The standard InChI is InChI=1S/C28H39N5O9S2/c1-27(2,3)25(36)41-17-40-24(35)21(13-18-9-11-19(12-10-18)42-26(37)31(6)7)33(23(34)22-30-28(4,5)16-43-22)44(38,39)20-14-29-32(8)15-20/h9-12,14-15,21-22,30H,13,16-17H2,1-8H3/t21-,22-/m0/s1. The van der Waals surface area contributed by atoms with Crippen LogP contribution >= 0.6 is 11.8 Å². The second-order valence-electron chi connectivity index (χ2n) is 12.1. The second-order valence-corrected chi connectivity index (χ2v) is 15.0. The normalized spacial score (nSPS) is 17.0. The van der Waals surface area contributed by atoms with Crippen LogP contribution in [0.1, 0.15) is 40.2 Å². The van der Waals surface area contributed by atoms with Crippen LogP contribution in [0.5, 0.6) is 5.75 Å². The third kappa shape index (κ3) is 8.72. The highest BCUT2D eigenvalue weighted by molar-refractivity contribution is 8.01. The Hall–Kier alpha value is -3.63. The first-order valence-corrected chi connectivity index (χ1v) is 16.1. The number of nitrogens with one attached hydrogen (secondary N) is 1. The zero-order valence-electron chi connectivity index (χ0n) is 26.0. The minimum absolute atomic E-state index is 0.213. The molecule has 242 valence electrons. The van der Waals surface area contributed by atoms with Crippen molar-refractivity contribution in [2.24, 2.45) is 12.5 Å². The van der Waals surface area contributed by atoms with Gasteiger partial charge in [-0.05, 0) is 52.3 Å². The first kappa shape index (κ1) is 34.9. The lowest BCUT2D eigenvalue weighted by Crippen LogP contribution is -2.56. The van der Waals surface area contributed by atoms with Crippen molar-refractivity contribution >= 4 is 45.7 Å². The number of esters is 2. The fraction of sp³-hybridized carbons (Fsp3) is 0.536. The number of rotatable bonds is 10. The summed E-state index contributed by atoms with van der Waals surface area (Å²) in [5, 5.41) is 6.06. The number of aryl methyl sites for hydroxylation is 1. The molecule has 1 aromatic heterocycles. The molecular formula is C28H39N5O9S2. The van der Waals surface area contributed by atoms with Gasteiger partial charge in [0.25, 0.3) is 15.9 Å². The van der Waals surface area contributed by atoms with Crippen molar-refractivity contribution in [1.82, 2.24) is 24.3 Å². The third-order valence-corrected chi connectivity index (χ3v) is 9.59. The summed E-state index contributed by atoms with van der Waals surface area (Å²) < 4.78 is 45.4. The number of hydrogen-bond donors (Lipinski definition) is 1. The van der Waals surface area contributed by atoms with Crippen molar-refractivity contribution in [3.63, 3.8) is 0 Å². The third-order valence-electron chi connectivity index (χ3n) is 6.29. The van der Waals surface area contributed by atoms with Crippen LogP contribution in [-0.4, -0.2) is 94.9 Å². The Morgan fingerprint density at radius 2 is 1.77 bits per heavy atom. The van der Waals surface area contributed by atoms with Crippen molar-refractivity contribution in [3.05, 3.63) is 42.2 Å². The summed E-state index contributed by atoms with van der Waals surface area (Å²) in [5.74, 6) is -1.91. The van der Waals surface area contributed by atoms with Crippen LogP contribution in [-0.2, 0) is 47.3 Å². The zero-order chi connectivity index (χ0) is 33.0. The summed E-state index contributed by atoms with van der Waals surface area (Å²) in [7, 11) is -0.0843. The molecule has 1 N–H and O–H groups in total. The van der Waals surface area contributed by atoms with Crippen LogP contribution in [0.3, 0.4) is 0 Å². The van der Waals surface area contributed by atoms with E-state index in [1.807, 2.05) is 13.8 Å². The monoisotopic (exact) mass is 653 g/mol. The van der Waals surface area contributed by atoms with E-state index in [0.29, 0.717) is 15.6 Å². The van der Waals surface area contributed by atoms with Gasteiger partial charge >= 0.3 is 18.0 Å². The van der Waals surface area contributed by atoms with E-state index in [9.17, 15) is 27.6 Å². The van der Waals surface area contributed by atoms with Gasteiger partial charge < -0.3 is 19.1 Å². The lowest BCUT2D eigenvalue weighted by Gasteiger charge is -2.31. The highest BCUT2D eigenvalue weighted by atomic mass is 32.2.